The van der Waals surface area contributed by atoms with Crippen LogP contribution in [0.25, 0.3) is 0 Å². The van der Waals surface area contributed by atoms with Crippen molar-refractivity contribution in [1.29, 1.82) is 0 Å². The molecule has 0 spiro atoms. The standard InChI is InChI=1S/C26H23FN2O5/c1-17-11-20(27)8-10-23(17)33-15-22(30)19-7-9-24-21(12-19)29(26(32)16-34-24)14-25(31)28-13-18-5-3-2-4-6-18/h2-12H,13-16H2,1H3,(H,28,31). The molecule has 0 fully saturated rings. The highest BCUT2D eigenvalue weighted by atomic mass is 19.1. The molecule has 0 aliphatic carbocycles. The van der Waals surface area contributed by atoms with E-state index in [1.807, 2.05) is 30.3 Å². The van der Waals surface area contributed by atoms with Gasteiger partial charge in [-0.05, 0) is 54.4 Å². The summed E-state index contributed by atoms with van der Waals surface area (Å²) in [5.41, 5.74) is 2.15. The van der Waals surface area contributed by atoms with E-state index in [0.717, 1.165) is 5.56 Å². The molecule has 1 N–H and O–H groups in total. The van der Waals surface area contributed by atoms with Gasteiger partial charge in [0.1, 0.15) is 23.9 Å². The summed E-state index contributed by atoms with van der Waals surface area (Å²) in [6.45, 7) is 1.36. The SMILES string of the molecule is Cc1cc(F)ccc1OCC(=O)c1ccc2c(c1)N(CC(=O)NCc1ccccc1)C(=O)CO2. The Morgan fingerprint density at radius 1 is 1.09 bits per heavy atom. The van der Waals surface area contributed by atoms with Crippen molar-refractivity contribution in [3.05, 3.63) is 89.2 Å². The van der Waals surface area contributed by atoms with Crippen molar-refractivity contribution in [3.63, 3.8) is 0 Å². The van der Waals surface area contributed by atoms with Gasteiger partial charge >= 0.3 is 0 Å². The summed E-state index contributed by atoms with van der Waals surface area (Å²) in [6.07, 6.45) is 0. The quantitative estimate of drug-likeness (QED) is 0.519. The number of ether oxygens (including phenoxy) is 2. The molecular weight excluding hydrogens is 439 g/mol. The molecule has 0 aromatic heterocycles. The van der Waals surface area contributed by atoms with Gasteiger partial charge in [-0.1, -0.05) is 30.3 Å². The van der Waals surface area contributed by atoms with Crippen molar-refractivity contribution in [2.75, 3.05) is 24.7 Å². The summed E-state index contributed by atoms with van der Waals surface area (Å²) in [7, 11) is 0. The lowest BCUT2D eigenvalue weighted by molar-refractivity contribution is -0.125. The number of aryl methyl sites for hydroxylation is 1. The van der Waals surface area contributed by atoms with Gasteiger partial charge in [0.05, 0.1) is 5.69 Å². The lowest BCUT2D eigenvalue weighted by atomic mass is 10.1. The van der Waals surface area contributed by atoms with E-state index in [2.05, 4.69) is 5.32 Å². The fourth-order valence-electron chi connectivity index (χ4n) is 3.55. The molecule has 0 bridgehead atoms. The third kappa shape index (κ3) is 5.40. The molecule has 0 unspecified atom stereocenters. The molecule has 0 atom stereocenters. The van der Waals surface area contributed by atoms with E-state index in [4.69, 9.17) is 9.47 Å². The van der Waals surface area contributed by atoms with Crippen LogP contribution in [0.3, 0.4) is 0 Å². The van der Waals surface area contributed by atoms with Crippen LogP contribution in [0.2, 0.25) is 0 Å². The zero-order valence-electron chi connectivity index (χ0n) is 18.5. The molecule has 1 heterocycles. The molecule has 34 heavy (non-hydrogen) atoms. The Morgan fingerprint density at radius 2 is 1.88 bits per heavy atom. The Labute approximate surface area is 196 Å². The molecule has 1 aliphatic rings. The smallest absolute Gasteiger partial charge is 0.265 e. The topological polar surface area (TPSA) is 84.9 Å². The number of ketones is 1. The summed E-state index contributed by atoms with van der Waals surface area (Å²) in [5.74, 6) is -0.631. The molecule has 2 amide bonds. The number of amides is 2. The number of halogens is 1. The minimum atomic E-state index is -0.386. The third-order valence-corrected chi connectivity index (χ3v) is 5.35. The number of hydrogen-bond donors (Lipinski definition) is 1. The largest absolute Gasteiger partial charge is 0.485 e. The van der Waals surface area contributed by atoms with Crippen LogP contribution >= 0.6 is 0 Å². The first-order chi connectivity index (χ1) is 16.4. The van der Waals surface area contributed by atoms with E-state index < -0.39 is 0 Å². The first-order valence-electron chi connectivity index (χ1n) is 10.7. The van der Waals surface area contributed by atoms with E-state index in [0.29, 0.717) is 34.9 Å². The van der Waals surface area contributed by atoms with Gasteiger partial charge in [0.15, 0.2) is 19.0 Å². The van der Waals surface area contributed by atoms with Gasteiger partial charge in [-0.15, -0.1) is 0 Å². The van der Waals surface area contributed by atoms with E-state index in [1.165, 1.54) is 29.2 Å². The lowest BCUT2D eigenvalue weighted by Crippen LogP contribution is -2.45. The minimum Gasteiger partial charge on any atom is -0.485 e. The molecule has 1 aliphatic heterocycles. The van der Waals surface area contributed by atoms with Crippen LogP contribution in [0.4, 0.5) is 10.1 Å². The maximum Gasteiger partial charge on any atom is 0.265 e. The predicted molar refractivity (Wildman–Crippen MR) is 124 cm³/mol. The molecule has 3 aromatic rings. The van der Waals surface area contributed by atoms with Crippen LogP contribution in [0.5, 0.6) is 11.5 Å². The predicted octanol–water partition coefficient (Wildman–Crippen LogP) is 3.44. The molecule has 0 saturated heterocycles. The Kier molecular flexibility index (Phi) is 6.87. The van der Waals surface area contributed by atoms with Crippen molar-refractivity contribution in [2.45, 2.75) is 13.5 Å². The second kappa shape index (κ2) is 10.2. The summed E-state index contributed by atoms with van der Waals surface area (Å²) < 4.78 is 24.3. The first-order valence-corrected chi connectivity index (χ1v) is 10.7. The second-order valence-corrected chi connectivity index (χ2v) is 7.84. The summed E-state index contributed by atoms with van der Waals surface area (Å²) >= 11 is 0. The second-order valence-electron chi connectivity index (χ2n) is 7.84. The van der Waals surface area contributed by atoms with Crippen LogP contribution < -0.4 is 19.7 Å². The number of rotatable bonds is 8. The first kappa shape index (κ1) is 23.0. The average Bonchev–Trinajstić information content (AvgIpc) is 2.84. The lowest BCUT2D eigenvalue weighted by Gasteiger charge is -2.29. The van der Waals surface area contributed by atoms with Crippen molar-refractivity contribution in [3.8, 4) is 11.5 Å². The van der Waals surface area contributed by atoms with Crippen LogP contribution in [0.1, 0.15) is 21.5 Å². The maximum absolute atomic E-state index is 13.3. The monoisotopic (exact) mass is 462 g/mol. The number of hydrogen-bond acceptors (Lipinski definition) is 5. The van der Waals surface area contributed by atoms with Gasteiger partial charge in [-0.3, -0.25) is 19.3 Å². The number of nitrogens with one attached hydrogen (secondary N) is 1. The van der Waals surface area contributed by atoms with Crippen molar-refractivity contribution < 1.29 is 28.2 Å². The highest BCUT2D eigenvalue weighted by molar-refractivity contribution is 6.04. The molecule has 0 saturated carbocycles. The molecule has 0 radical (unpaired) electrons. The average molecular weight is 462 g/mol. The van der Waals surface area contributed by atoms with E-state index in [1.54, 1.807) is 19.1 Å². The Bertz CT molecular complexity index is 1230. The molecule has 7 nitrogen and oxygen atoms in total. The summed E-state index contributed by atoms with van der Waals surface area (Å²) in [6, 6.07) is 18.2. The third-order valence-electron chi connectivity index (χ3n) is 5.35. The van der Waals surface area contributed by atoms with Gasteiger partial charge in [-0.25, -0.2) is 4.39 Å². The summed E-state index contributed by atoms with van der Waals surface area (Å²) in [4.78, 5) is 39.1. The summed E-state index contributed by atoms with van der Waals surface area (Å²) in [5, 5.41) is 2.80. The van der Waals surface area contributed by atoms with Gasteiger partial charge in [0.25, 0.3) is 5.91 Å². The number of Topliss-reactive ketones (excluding diaryl/α,β-unsaturated/α-hetero) is 1. The number of carbonyl (C=O) groups excluding carboxylic acids is 3. The highest BCUT2D eigenvalue weighted by Crippen LogP contribution is 2.33. The van der Waals surface area contributed by atoms with Crippen molar-refractivity contribution in [2.24, 2.45) is 0 Å². The Balaban J connectivity index is 1.44. The zero-order valence-corrected chi connectivity index (χ0v) is 18.5. The van der Waals surface area contributed by atoms with Crippen molar-refractivity contribution in [1.82, 2.24) is 5.32 Å². The number of carbonyl (C=O) groups is 3. The number of anilines is 1. The fraction of sp³-hybridized carbons (Fsp3) is 0.192. The van der Waals surface area contributed by atoms with E-state index >= 15 is 0 Å². The van der Waals surface area contributed by atoms with Crippen LogP contribution in [-0.4, -0.2) is 37.4 Å². The van der Waals surface area contributed by atoms with Crippen LogP contribution in [0, 0.1) is 12.7 Å². The molecule has 4 rings (SSSR count). The normalized spacial score (nSPS) is 12.5. The number of nitrogens with zero attached hydrogens (tertiary/aromatic N) is 1. The van der Waals surface area contributed by atoms with E-state index in [9.17, 15) is 18.8 Å². The van der Waals surface area contributed by atoms with Crippen molar-refractivity contribution >= 4 is 23.3 Å². The van der Waals surface area contributed by atoms with Gasteiger partial charge < -0.3 is 14.8 Å². The van der Waals surface area contributed by atoms with Gasteiger partial charge in [-0.2, -0.15) is 0 Å². The Morgan fingerprint density at radius 3 is 2.65 bits per heavy atom. The van der Waals surface area contributed by atoms with Crippen LogP contribution in [-0.2, 0) is 16.1 Å². The van der Waals surface area contributed by atoms with Crippen LogP contribution in [0.15, 0.2) is 66.7 Å². The Hall–Kier alpha value is -4.20. The highest BCUT2D eigenvalue weighted by Gasteiger charge is 2.28. The van der Waals surface area contributed by atoms with E-state index in [-0.39, 0.29) is 43.2 Å². The molecule has 8 heteroatoms. The zero-order chi connectivity index (χ0) is 24.1. The number of fused-ring (bicyclic) bond motifs is 1. The number of benzene rings is 3. The maximum atomic E-state index is 13.3. The molecular formula is C26H23FN2O5. The minimum absolute atomic E-state index is 0.195. The molecule has 3 aromatic carbocycles. The van der Waals surface area contributed by atoms with Gasteiger partial charge in [0, 0.05) is 12.1 Å². The fourth-order valence-corrected chi connectivity index (χ4v) is 3.55. The van der Waals surface area contributed by atoms with Gasteiger partial charge in [0.2, 0.25) is 5.91 Å². The molecule has 174 valence electrons.